The van der Waals surface area contributed by atoms with Gasteiger partial charge in [0.05, 0.1) is 18.6 Å². The van der Waals surface area contributed by atoms with Crippen molar-refractivity contribution in [2.45, 2.75) is 25.0 Å². The van der Waals surface area contributed by atoms with Gasteiger partial charge < -0.3 is 19.7 Å². The van der Waals surface area contributed by atoms with Gasteiger partial charge in [-0.05, 0) is 6.92 Å². The highest BCUT2D eigenvalue weighted by molar-refractivity contribution is 5.11. The topological polar surface area (TPSA) is 83.4 Å². The van der Waals surface area contributed by atoms with Crippen LogP contribution in [0.1, 0.15) is 18.6 Å². The van der Waals surface area contributed by atoms with Crippen LogP contribution >= 0.6 is 0 Å². The van der Waals surface area contributed by atoms with E-state index in [1.54, 1.807) is 7.11 Å². The molecule has 0 amide bonds. The highest BCUT2D eigenvalue weighted by atomic mass is 16.5. The summed E-state index contributed by atoms with van der Waals surface area (Å²) in [5.41, 5.74) is 5.57. The number of nitrogens with zero attached hydrogens (tertiary/aromatic N) is 2. The maximum atomic E-state index is 5.94. The van der Waals surface area contributed by atoms with Gasteiger partial charge in [-0.2, -0.15) is 4.98 Å². The van der Waals surface area contributed by atoms with Crippen LogP contribution in [0, 0.1) is 0 Å². The Morgan fingerprint density at radius 2 is 2.47 bits per heavy atom. The Labute approximate surface area is 87.7 Å². The molecule has 6 nitrogen and oxygen atoms in total. The maximum absolute atomic E-state index is 5.94. The Hall–Kier alpha value is -0.980. The van der Waals surface area contributed by atoms with Crippen molar-refractivity contribution < 1.29 is 14.0 Å². The average molecular weight is 213 g/mol. The minimum absolute atomic E-state index is 0.103. The van der Waals surface area contributed by atoms with Crippen molar-refractivity contribution in [1.29, 1.82) is 0 Å². The van der Waals surface area contributed by atoms with E-state index in [0.29, 0.717) is 31.5 Å². The zero-order chi connectivity index (χ0) is 10.9. The third-order valence-electron chi connectivity index (χ3n) is 2.75. The van der Waals surface area contributed by atoms with Gasteiger partial charge in [-0.15, -0.1) is 0 Å². The standard InChI is InChI=1S/C9H15N3O3/c1-9(5-14-3-6(9)10)8-11-7(4-13-2)12-15-8/h6H,3-5,10H2,1-2H3. The second kappa shape index (κ2) is 3.88. The molecule has 0 aromatic carbocycles. The van der Waals surface area contributed by atoms with Gasteiger partial charge in [-0.1, -0.05) is 5.16 Å². The van der Waals surface area contributed by atoms with Crippen LogP contribution in [0.25, 0.3) is 0 Å². The Morgan fingerprint density at radius 3 is 3.07 bits per heavy atom. The molecule has 2 rings (SSSR count). The second-order valence-electron chi connectivity index (χ2n) is 3.99. The molecule has 1 aliphatic heterocycles. The van der Waals surface area contributed by atoms with Gasteiger partial charge in [-0.3, -0.25) is 0 Å². The number of methoxy groups -OCH3 is 1. The molecule has 0 spiro atoms. The van der Waals surface area contributed by atoms with E-state index in [-0.39, 0.29) is 11.5 Å². The number of nitrogens with two attached hydrogens (primary N) is 1. The molecule has 2 N–H and O–H groups in total. The SMILES string of the molecule is COCc1noc(C2(C)COCC2N)n1. The fourth-order valence-electron chi connectivity index (χ4n) is 1.58. The zero-order valence-corrected chi connectivity index (χ0v) is 8.90. The summed E-state index contributed by atoms with van der Waals surface area (Å²) in [7, 11) is 1.59. The van der Waals surface area contributed by atoms with Crippen molar-refractivity contribution in [3.05, 3.63) is 11.7 Å². The summed E-state index contributed by atoms with van der Waals surface area (Å²) in [5, 5.41) is 3.81. The van der Waals surface area contributed by atoms with Gasteiger partial charge in [0.2, 0.25) is 5.89 Å². The smallest absolute Gasteiger partial charge is 0.236 e. The highest BCUT2D eigenvalue weighted by Gasteiger charge is 2.44. The first-order valence-electron chi connectivity index (χ1n) is 4.82. The van der Waals surface area contributed by atoms with E-state index >= 15 is 0 Å². The van der Waals surface area contributed by atoms with E-state index in [0.717, 1.165) is 0 Å². The lowest BCUT2D eigenvalue weighted by Gasteiger charge is -2.21. The van der Waals surface area contributed by atoms with Crippen molar-refractivity contribution in [1.82, 2.24) is 10.1 Å². The first-order valence-corrected chi connectivity index (χ1v) is 4.82. The van der Waals surface area contributed by atoms with E-state index in [1.807, 2.05) is 6.92 Å². The van der Waals surface area contributed by atoms with Gasteiger partial charge in [0.15, 0.2) is 5.82 Å². The van der Waals surface area contributed by atoms with Crippen LogP contribution in [0.15, 0.2) is 4.52 Å². The summed E-state index contributed by atoms with van der Waals surface area (Å²) < 4.78 is 15.4. The molecule has 15 heavy (non-hydrogen) atoms. The molecule has 2 atom stereocenters. The van der Waals surface area contributed by atoms with Gasteiger partial charge in [0.1, 0.15) is 6.61 Å². The molecule has 84 valence electrons. The fourth-order valence-corrected chi connectivity index (χ4v) is 1.58. The van der Waals surface area contributed by atoms with Crippen molar-refractivity contribution in [3.8, 4) is 0 Å². The molecule has 1 aromatic heterocycles. The molecule has 1 aliphatic rings. The number of aromatic nitrogens is 2. The number of ether oxygens (including phenoxy) is 2. The van der Waals surface area contributed by atoms with Crippen LogP contribution in [0.3, 0.4) is 0 Å². The van der Waals surface area contributed by atoms with Crippen molar-refractivity contribution >= 4 is 0 Å². The molecule has 1 saturated heterocycles. The zero-order valence-electron chi connectivity index (χ0n) is 8.90. The molecule has 0 aliphatic carbocycles. The van der Waals surface area contributed by atoms with E-state index in [2.05, 4.69) is 10.1 Å². The van der Waals surface area contributed by atoms with Crippen LogP contribution < -0.4 is 5.73 Å². The number of hydrogen-bond acceptors (Lipinski definition) is 6. The Bertz CT molecular complexity index is 341. The van der Waals surface area contributed by atoms with Crippen LogP contribution in [0.4, 0.5) is 0 Å². The first-order chi connectivity index (χ1) is 7.16. The largest absolute Gasteiger partial charge is 0.379 e. The number of hydrogen-bond donors (Lipinski definition) is 1. The molecule has 0 radical (unpaired) electrons. The van der Waals surface area contributed by atoms with Gasteiger partial charge in [-0.25, -0.2) is 0 Å². The lowest BCUT2D eigenvalue weighted by Crippen LogP contribution is -2.42. The van der Waals surface area contributed by atoms with Crippen LogP contribution in [0.5, 0.6) is 0 Å². The fraction of sp³-hybridized carbons (Fsp3) is 0.778. The van der Waals surface area contributed by atoms with Crippen molar-refractivity contribution in [3.63, 3.8) is 0 Å². The van der Waals surface area contributed by atoms with E-state index < -0.39 is 0 Å². The van der Waals surface area contributed by atoms with Gasteiger partial charge in [0, 0.05) is 13.2 Å². The summed E-state index contributed by atoms with van der Waals surface area (Å²) >= 11 is 0. The summed E-state index contributed by atoms with van der Waals surface area (Å²) in [6, 6.07) is -0.103. The predicted molar refractivity (Wildman–Crippen MR) is 51.2 cm³/mol. The molecule has 6 heteroatoms. The predicted octanol–water partition coefficient (Wildman–Crippen LogP) is -0.169. The minimum atomic E-state index is -0.376. The molecule has 2 heterocycles. The lowest BCUT2D eigenvalue weighted by molar-refractivity contribution is 0.168. The molecule has 0 bridgehead atoms. The van der Waals surface area contributed by atoms with Crippen LogP contribution in [-0.4, -0.2) is 36.5 Å². The van der Waals surface area contributed by atoms with Gasteiger partial charge >= 0.3 is 0 Å². The Kier molecular flexibility index (Phi) is 2.72. The van der Waals surface area contributed by atoms with Crippen molar-refractivity contribution in [2.24, 2.45) is 5.73 Å². The van der Waals surface area contributed by atoms with Crippen LogP contribution in [-0.2, 0) is 21.5 Å². The van der Waals surface area contributed by atoms with E-state index in [4.69, 9.17) is 19.7 Å². The Balaban J connectivity index is 2.21. The quantitative estimate of drug-likeness (QED) is 0.750. The van der Waals surface area contributed by atoms with Gasteiger partial charge in [0.25, 0.3) is 0 Å². The summed E-state index contributed by atoms with van der Waals surface area (Å²) in [6.07, 6.45) is 0. The van der Waals surface area contributed by atoms with E-state index in [9.17, 15) is 0 Å². The molecule has 1 fully saturated rings. The third kappa shape index (κ3) is 1.75. The summed E-state index contributed by atoms with van der Waals surface area (Å²) in [4.78, 5) is 4.24. The molecule has 0 saturated carbocycles. The van der Waals surface area contributed by atoms with Crippen LogP contribution in [0.2, 0.25) is 0 Å². The monoisotopic (exact) mass is 213 g/mol. The maximum Gasteiger partial charge on any atom is 0.236 e. The normalized spacial score (nSPS) is 31.0. The molecule has 2 unspecified atom stereocenters. The first kappa shape index (κ1) is 10.5. The summed E-state index contributed by atoms with van der Waals surface area (Å²) in [5.74, 6) is 1.06. The van der Waals surface area contributed by atoms with E-state index in [1.165, 1.54) is 0 Å². The second-order valence-corrected chi connectivity index (χ2v) is 3.99. The van der Waals surface area contributed by atoms with Crippen molar-refractivity contribution in [2.75, 3.05) is 20.3 Å². The summed E-state index contributed by atoms with van der Waals surface area (Å²) in [6.45, 7) is 3.35. The highest BCUT2D eigenvalue weighted by Crippen LogP contribution is 2.30. The lowest BCUT2D eigenvalue weighted by atomic mass is 9.86. The number of rotatable bonds is 3. The Morgan fingerprint density at radius 1 is 1.67 bits per heavy atom. The molecule has 1 aromatic rings. The third-order valence-corrected chi connectivity index (χ3v) is 2.75. The molecular formula is C9H15N3O3. The minimum Gasteiger partial charge on any atom is -0.379 e. The molecular weight excluding hydrogens is 198 g/mol. The average Bonchev–Trinajstić information content (AvgIpc) is 2.77.